The summed E-state index contributed by atoms with van der Waals surface area (Å²) in [7, 11) is 3.87. The summed E-state index contributed by atoms with van der Waals surface area (Å²) in [5, 5.41) is 9.15. The van der Waals surface area contributed by atoms with Crippen molar-refractivity contribution in [3.8, 4) is 0 Å². The van der Waals surface area contributed by atoms with Gasteiger partial charge in [0.05, 0.1) is 5.69 Å². The molecule has 0 amide bonds. The zero-order valence-corrected chi connectivity index (χ0v) is 16.4. The standard InChI is InChI=1S/C19H22N4O2S/c1-11-8-18(24)25-17-9-14(6-7-15(11)17)20-19(26)22(4)10-16-12(2)21-23(5)13(16)3/h6-9H,10H2,1-5H3,(H,20,26). The Bertz CT molecular complexity index is 1050. The van der Waals surface area contributed by atoms with Crippen LogP contribution >= 0.6 is 12.2 Å². The smallest absolute Gasteiger partial charge is 0.336 e. The summed E-state index contributed by atoms with van der Waals surface area (Å²) in [6.45, 7) is 6.61. The summed E-state index contributed by atoms with van der Waals surface area (Å²) in [6, 6.07) is 7.14. The molecule has 1 aromatic carbocycles. The Labute approximate surface area is 157 Å². The molecule has 26 heavy (non-hydrogen) atoms. The minimum atomic E-state index is -0.352. The molecular weight excluding hydrogens is 348 g/mol. The van der Waals surface area contributed by atoms with E-state index >= 15 is 0 Å². The lowest BCUT2D eigenvalue weighted by Crippen LogP contribution is -2.31. The summed E-state index contributed by atoms with van der Waals surface area (Å²) in [6.07, 6.45) is 0. The highest BCUT2D eigenvalue weighted by Gasteiger charge is 2.14. The van der Waals surface area contributed by atoms with Crippen LogP contribution in [0.15, 0.2) is 33.5 Å². The number of nitrogens with one attached hydrogen (secondary N) is 1. The Morgan fingerprint density at radius 2 is 2.04 bits per heavy atom. The van der Waals surface area contributed by atoms with E-state index < -0.39 is 0 Å². The third-order valence-electron chi connectivity index (χ3n) is 4.60. The Hall–Kier alpha value is -2.67. The third-order valence-corrected chi connectivity index (χ3v) is 5.02. The molecule has 3 aromatic rings. The number of aryl methyl sites for hydroxylation is 3. The van der Waals surface area contributed by atoms with Crippen LogP contribution in [-0.2, 0) is 13.6 Å². The average molecular weight is 370 g/mol. The molecule has 3 rings (SSSR count). The van der Waals surface area contributed by atoms with E-state index in [1.807, 2.05) is 56.6 Å². The van der Waals surface area contributed by atoms with Gasteiger partial charge in [-0.15, -0.1) is 0 Å². The number of nitrogens with zero attached hydrogens (tertiary/aromatic N) is 3. The fraction of sp³-hybridized carbons (Fsp3) is 0.316. The highest BCUT2D eigenvalue weighted by Crippen LogP contribution is 2.21. The zero-order valence-electron chi connectivity index (χ0n) is 15.6. The first-order valence-corrected chi connectivity index (χ1v) is 8.73. The van der Waals surface area contributed by atoms with Gasteiger partial charge >= 0.3 is 5.63 Å². The zero-order chi connectivity index (χ0) is 19.0. The summed E-state index contributed by atoms with van der Waals surface area (Å²) in [5.74, 6) is 0. The van der Waals surface area contributed by atoms with Gasteiger partial charge in [-0.05, 0) is 50.7 Å². The van der Waals surface area contributed by atoms with Crippen LogP contribution in [0.2, 0.25) is 0 Å². The first-order chi connectivity index (χ1) is 12.3. The predicted octanol–water partition coefficient (Wildman–Crippen LogP) is 3.28. The van der Waals surface area contributed by atoms with Crippen molar-refractivity contribution in [3.63, 3.8) is 0 Å². The minimum absolute atomic E-state index is 0.352. The van der Waals surface area contributed by atoms with E-state index in [-0.39, 0.29) is 5.63 Å². The van der Waals surface area contributed by atoms with Crippen molar-refractivity contribution in [2.24, 2.45) is 7.05 Å². The van der Waals surface area contributed by atoms with E-state index in [2.05, 4.69) is 10.4 Å². The van der Waals surface area contributed by atoms with Crippen LogP contribution in [0, 0.1) is 20.8 Å². The van der Waals surface area contributed by atoms with Crippen molar-refractivity contribution < 1.29 is 4.42 Å². The molecule has 0 spiro atoms. The molecule has 0 aliphatic carbocycles. The normalized spacial score (nSPS) is 11.0. The molecule has 2 aromatic heterocycles. The van der Waals surface area contributed by atoms with Gasteiger partial charge in [-0.2, -0.15) is 5.10 Å². The lowest BCUT2D eigenvalue weighted by molar-refractivity contribution is 0.505. The second-order valence-electron chi connectivity index (χ2n) is 6.52. The van der Waals surface area contributed by atoms with Gasteiger partial charge < -0.3 is 14.6 Å². The Morgan fingerprint density at radius 3 is 2.69 bits per heavy atom. The van der Waals surface area contributed by atoms with Crippen LogP contribution in [0.1, 0.15) is 22.5 Å². The van der Waals surface area contributed by atoms with Crippen molar-refractivity contribution in [2.75, 3.05) is 12.4 Å². The van der Waals surface area contributed by atoms with E-state index in [0.29, 0.717) is 17.2 Å². The number of hydrogen-bond acceptors (Lipinski definition) is 4. The van der Waals surface area contributed by atoms with E-state index in [4.69, 9.17) is 16.6 Å². The van der Waals surface area contributed by atoms with Crippen LogP contribution in [0.25, 0.3) is 11.0 Å². The second kappa shape index (κ2) is 6.92. The van der Waals surface area contributed by atoms with Crippen molar-refractivity contribution in [1.29, 1.82) is 0 Å². The second-order valence-corrected chi connectivity index (χ2v) is 6.91. The summed E-state index contributed by atoms with van der Waals surface area (Å²) < 4.78 is 7.17. The van der Waals surface area contributed by atoms with Crippen molar-refractivity contribution in [1.82, 2.24) is 14.7 Å². The minimum Gasteiger partial charge on any atom is -0.423 e. The molecular formula is C19H22N4O2S. The molecule has 0 unspecified atom stereocenters. The summed E-state index contributed by atoms with van der Waals surface area (Å²) >= 11 is 5.52. The molecule has 1 N–H and O–H groups in total. The molecule has 0 aliphatic heterocycles. The Morgan fingerprint density at radius 1 is 1.31 bits per heavy atom. The number of thiocarbonyl (C=S) groups is 1. The van der Waals surface area contributed by atoms with E-state index in [0.717, 1.165) is 28.0 Å². The fourth-order valence-electron chi connectivity index (χ4n) is 2.98. The van der Waals surface area contributed by atoms with E-state index in [1.165, 1.54) is 11.6 Å². The highest BCUT2D eigenvalue weighted by molar-refractivity contribution is 7.80. The average Bonchev–Trinajstić information content (AvgIpc) is 2.80. The number of aromatic nitrogens is 2. The van der Waals surface area contributed by atoms with Gasteiger partial charge in [-0.3, -0.25) is 4.68 Å². The van der Waals surface area contributed by atoms with Gasteiger partial charge in [0.2, 0.25) is 0 Å². The molecule has 0 fully saturated rings. The molecule has 7 heteroatoms. The van der Waals surface area contributed by atoms with Gasteiger partial charge in [-0.1, -0.05) is 0 Å². The summed E-state index contributed by atoms with van der Waals surface area (Å²) in [5.41, 5.74) is 5.16. The number of benzene rings is 1. The number of hydrogen-bond donors (Lipinski definition) is 1. The largest absolute Gasteiger partial charge is 0.423 e. The molecule has 136 valence electrons. The predicted molar refractivity (Wildman–Crippen MR) is 108 cm³/mol. The third kappa shape index (κ3) is 3.48. The van der Waals surface area contributed by atoms with Gasteiger partial charge in [0.15, 0.2) is 5.11 Å². The van der Waals surface area contributed by atoms with Crippen LogP contribution in [0.3, 0.4) is 0 Å². The van der Waals surface area contributed by atoms with Gasteiger partial charge in [0.1, 0.15) is 5.58 Å². The van der Waals surface area contributed by atoms with Crippen LogP contribution in [-0.4, -0.2) is 26.8 Å². The fourth-order valence-corrected chi connectivity index (χ4v) is 3.16. The number of rotatable bonds is 3. The molecule has 2 heterocycles. The maximum atomic E-state index is 11.6. The maximum absolute atomic E-state index is 11.6. The topological polar surface area (TPSA) is 63.3 Å². The number of anilines is 1. The van der Waals surface area contributed by atoms with Crippen molar-refractivity contribution in [3.05, 3.63) is 57.2 Å². The monoisotopic (exact) mass is 370 g/mol. The first kappa shape index (κ1) is 18.1. The Kier molecular flexibility index (Phi) is 4.82. The van der Waals surface area contributed by atoms with Gasteiger partial charge in [0.25, 0.3) is 0 Å². The number of fused-ring (bicyclic) bond motifs is 1. The van der Waals surface area contributed by atoms with Crippen molar-refractivity contribution in [2.45, 2.75) is 27.3 Å². The summed E-state index contributed by atoms with van der Waals surface area (Å²) in [4.78, 5) is 13.5. The van der Waals surface area contributed by atoms with Crippen LogP contribution in [0.4, 0.5) is 5.69 Å². The molecule has 0 radical (unpaired) electrons. The SMILES string of the molecule is Cc1nn(C)c(C)c1CN(C)C(=S)Nc1ccc2c(C)cc(=O)oc2c1. The van der Waals surface area contributed by atoms with Crippen LogP contribution < -0.4 is 10.9 Å². The van der Waals surface area contributed by atoms with Crippen molar-refractivity contribution >= 4 is 34.0 Å². The van der Waals surface area contributed by atoms with E-state index in [9.17, 15) is 4.79 Å². The highest BCUT2D eigenvalue weighted by atomic mass is 32.1. The van der Waals surface area contributed by atoms with Gasteiger partial charge in [-0.25, -0.2) is 4.79 Å². The lowest BCUT2D eigenvalue weighted by Gasteiger charge is -2.21. The molecule has 0 saturated carbocycles. The van der Waals surface area contributed by atoms with Crippen LogP contribution in [0.5, 0.6) is 0 Å². The lowest BCUT2D eigenvalue weighted by atomic mass is 10.1. The quantitative estimate of drug-likeness (QED) is 0.564. The van der Waals surface area contributed by atoms with E-state index in [1.54, 1.807) is 6.07 Å². The Balaban J connectivity index is 1.78. The molecule has 0 aliphatic rings. The maximum Gasteiger partial charge on any atom is 0.336 e. The molecule has 0 bridgehead atoms. The molecule has 0 atom stereocenters. The molecule has 0 saturated heterocycles. The molecule has 6 nitrogen and oxygen atoms in total. The first-order valence-electron chi connectivity index (χ1n) is 8.32. The van der Waals surface area contributed by atoms with Gasteiger partial charge in [0, 0.05) is 55.1 Å².